The highest BCUT2D eigenvalue weighted by Gasteiger charge is 2.25. The minimum Gasteiger partial charge on any atom is -0.306 e. The third kappa shape index (κ3) is 3.04. The van der Waals surface area contributed by atoms with Crippen molar-refractivity contribution >= 4 is 23.1 Å². The summed E-state index contributed by atoms with van der Waals surface area (Å²) in [5.74, 6) is 0. The first-order valence-electron chi connectivity index (χ1n) is 6.75. The second kappa shape index (κ2) is 5.70. The Balaban J connectivity index is 1.71. The normalized spacial score (nSPS) is 22.2. The molecule has 2 heterocycles. The molecule has 0 bridgehead atoms. The zero-order valence-corrected chi connectivity index (χ0v) is 13.0. The van der Waals surface area contributed by atoms with Crippen molar-refractivity contribution in [2.45, 2.75) is 42.3 Å². The number of aryl methyl sites for hydroxylation is 1. The molecule has 0 radical (unpaired) electrons. The van der Waals surface area contributed by atoms with Crippen molar-refractivity contribution in [1.29, 1.82) is 0 Å². The van der Waals surface area contributed by atoms with Crippen molar-refractivity contribution in [3.05, 3.63) is 52.4 Å². The number of thiophene rings is 1. The molecule has 1 unspecified atom stereocenters. The number of hydrogen-bond donors (Lipinski definition) is 1. The summed E-state index contributed by atoms with van der Waals surface area (Å²) >= 11 is 3.90. The Labute approximate surface area is 123 Å². The summed E-state index contributed by atoms with van der Waals surface area (Å²) in [6.45, 7) is 5.44. The molecule has 0 aliphatic carbocycles. The Hall–Kier alpha value is -0.770. The maximum atomic E-state index is 3.73. The maximum absolute atomic E-state index is 3.73. The van der Waals surface area contributed by atoms with E-state index in [-0.39, 0.29) is 0 Å². The van der Waals surface area contributed by atoms with Gasteiger partial charge in [-0.25, -0.2) is 0 Å². The van der Waals surface area contributed by atoms with E-state index in [0.29, 0.717) is 11.3 Å². The van der Waals surface area contributed by atoms with Gasteiger partial charge in [0.25, 0.3) is 0 Å². The van der Waals surface area contributed by atoms with Crippen molar-refractivity contribution < 1.29 is 0 Å². The van der Waals surface area contributed by atoms with E-state index in [1.165, 1.54) is 27.3 Å². The molecule has 1 aromatic carbocycles. The van der Waals surface area contributed by atoms with Gasteiger partial charge in [-0.3, -0.25) is 0 Å². The van der Waals surface area contributed by atoms with Crippen LogP contribution in [0.1, 0.15) is 36.1 Å². The van der Waals surface area contributed by atoms with Gasteiger partial charge in [0.1, 0.15) is 0 Å². The molecule has 0 amide bonds. The van der Waals surface area contributed by atoms with Crippen LogP contribution in [0.15, 0.2) is 39.9 Å². The maximum Gasteiger partial charge on any atom is 0.0649 e. The molecule has 2 atom stereocenters. The van der Waals surface area contributed by atoms with Gasteiger partial charge in [-0.15, -0.1) is 23.1 Å². The largest absolute Gasteiger partial charge is 0.306 e. The molecule has 0 fully saturated rings. The molecule has 1 aliphatic rings. The quantitative estimate of drug-likeness (QED) is 0.873. The summed E-state index contributed by atoms with van der Waals surface area (Å²) in [4.78, 5) is 0. The number of thioether (sulfide) groups is 1. The topological polar surface area (TPSA) is 12.0 Å². The first-order chi connectivity index (χ1) is 9.22. The highest BCUT2D eigenvalue weighted by Crippen LogP contribution is 2.43. The van der Waals surface area contributed by atoms with Crippen LogP contribution in [-0.4, -0.2) is 5.25 Å². The molecule has 0 saturated carbocycles. The average Bonchev–Trinajstić information content (AvgIpc) is 2.84. The van der Waals surface area contributed by atoms with Gasteiger partial charge in [0.15, 0.2) is 0 Å². The Bertz CT molecular complexity index is 561. The highest BCUT2D eigenvalue weighted by molar-refractivity contribution is 8.01. The predicted molar refractivity (Wildman–Crippen MR) is 85.0 cm³/mol. The van der Waals surface area contributed by atoms with Crippen LogP contribution >= 0.6 is 23.1 Å². The third-order valence-corrected chi connectivity index (χ3v) is 5.89. The molecule has 1 nitrogen and oxygen atoms in total. The summed E-state index contributed by atoms with van der Waals surface area (Å²) in [5, 5.41) is 6.66. The Kier molecular flexibility index (Phi) is 3.96. The van der Waals surface area contributed by atoms with E-state index in [1.54, 1.807) is 0 Å². The summed E-state index contributed by atoms with van der Waals surface area (Å²) in [7, 11) is 0. The summed E-state index contributed by atoms with van der Waals surface area (Å²) < 4.78 is 1.50. The highest BCUT2D eigenvalue weighted by atomic mass is 32.2. The predicted octanol–water partition coefficient (Wildman–Crippen LogP) is 4.77. The molecule has 1 N–H and O–H groups in total. The van der Waals surface area contributed by atoms with E-state index in [9.17, 15) is 0 Å². The van der Waals surface area contributed by atoms with Crippen LogP contribution in [0.2, 0.25) is 0 Å². The average molecular weight is 289 g/mol. The van der Waals surface area contributed by atoms with Crippen LogP contribution in [0.25, 0.3) is 0 Å². The van der Waals surface area contributed by atoms with Crippen LogP contribution < -0.4 is 5.32 Å². The lowest BCUT2D eigenvalue weighted by Crippen LogP contribution is -2.26. The summed E-state index contributed by atoms with van der Waals surface area (Å²) in [6.07, 6.45) is 1.22. The molecular formula is C16H19NS2. The number of rotatable bonds is 3. The van der Waals surface area contributed by atoms with E-state index >= 15 is 0 Å². The van der Waals surface area contributed by atoms with Crippen molar-refractivity contribution in [3.63, 3.8) is 0 Å². The fourth-order valence-corrected chi connectivity index (χ4v) is 5.17. The minimum absolute atomic E-state index is 0.512. The molecule has 1 aromatic heterocycles. The van der Waals surface area contributed by atoms with Crippen LogP contribution in [0.3, 0.4) is 0 Å². The van der Waals surface area contributed by atoms with Crippen LogP contribution in [-0.2, 0) is 6.54 Å². The lowest BCUT2D eigenvalue weighted by Gasteiger charge is -2.27. The van der Waals surface area contributed by atoms with Gasteiger partial charge < -0.3 is 5.32 Å². The van der Waals surface area contributed by atoms with Gasteiger partial charge in [0.2, 0.25) is 0 Å². The fourth-order valence-electron chi connectivity index (χ4n) is 2.61. The third-order valence-electron chi connectivity index (χ3n) is 3.54. The monoisotopic (exact) mass is 289 g/mol. The minimum atomic E-state index is 0.512. The van der Waals surface area contributed by atoms with Crippen molar-refractivity contribution in [2.24, 2.45) is 0 Å². The molecule has 100 valence electrons. The van der Waals surface area contributed by atoms with E-state index in [1.807, 2.05) is 23.1 Å². The van der Waals surface area contributed by atoms with Crippen molar-refractivity contribution in [1.82, 2.24) is 5.32 Å². The van der Waals surface area contributed by atoms with Crippen molar-refractivity contribution in [2.75, 3.05) is 0 Å². The van der Waals surface area contributed by atoms with Gasteiger partial charge in [0.05, 0.1) is 4.21 Å². The lowest BCUT2D eigenvalue weighted by atomic mass is 10.0. The first kappa shape index (κ1) is 13.2. The second-order valence-corrected chi connectivity index (χ2v) is 7.87. The molecule has 0 saturated heterocycles. The standard InChI is InChI=1S/C16H19NS2/c1-11-4-3-5-13(8-11)10-17-15-9-12(2)19-16-14(15)6-7-18-16/h3-8,12,15,17H,9-10H2,1-2H3/t12-,15?/m0/s1. The molecule has 3 rings (SSSR count). The molecule has 2 aromatic rings. The fraction of sp³-hybridized carbons (Fsp3) is 0.375. The number of fused-ring (bicyclic) bond motifs is 1. The second-order valence-electron chi connectivity index (χ2n) is 5.25. The van der Waals surface area contributed by atoms with Crippen LogP contribution in [0.5, 0.6) is 0 Å². The number of nitrogens with one attached hydrogen (secondary N) is 1. The molecular weight excluding hydrogens is 270 g/mol. The van der Waals surface area contributed by atoms with E-state index < -0.39 is 0 Å². The first-order valence-corrected chi connectivity index (χ1v) is 8.51. The van der Waals surface area contributed by atoms with E-state index in [2.05, 4.69) is 54.9 Å². The zero-order valence-electron chi connectivity index (χ0n) is 11.3. The smallest absolute Gasteiger partial charge is 0.0649 e. The van der Waals surface area contributed by atoms with Gasteiger partial charge >= 0.3 is 0 Å². The zero-order chi connectivity index (χ0) is 13.2. The molecule has 0 spiro atoms. The van der Waals surface area contributed by atoms with Gasteiger partial charge in [-0.1, -0.05) is 36.8 Å². The summed E-state index contributed by atoms with van der Waals surface area (Å²) in [5.41, 5.74) is 4.21. The molecule has 3 heteroatoms. The van der Waals surface area contributed by atoms with E-state index in [4.69, 9.17) is 0 Å². The van der Waals surface area contributed by atoms with Gasteiger partial charge in [0, 0.05) is 17.8 Å². The Morgan fingerprint density at radius 1 is 1.32 bits per heavy atom. The summed E-state index contributed by atoms with van der Waals surface area (Å²) in [6, 6.07) is 11.6. The Morgan fingerprint density at radius 3 is 3.05 bits per heavy atom. The van der Waals surface area contributed by atoms with Gasteiger partial charge in [-0.2, -0.15) is 0 Å². The van der Waals surface area contributed by atoms with Crippen LogP contribution in [0.4, 0.5) is 0 Å². The van der Waals surface area contributed by atoms with Crippen LogP contribution in [0, 0.1) is 6.92 Å². The van der Waals surface area contributed by atoms with E-state index in [0.717, 1.165) is 6.54 Å². The SMILES string of the molecule is Cc1cccc(CNC2C[C@H](C)Sc3sccc32)c1. The van der Waals surface area contributed by atoms with Gasteiger partial charge in [-0.05, 0) is 35.9 Å². The Morgan fingerprint density at radius 2 is 2.21 bits per heavy atom. The number of hydrogen-bond acceptors (Lipinski definition) is 3. The number of benzene rings is 1. The lowest BCUT2D eigenvalue weighted by molar-refractivity contribution is 0.488. The van der Waals surface area contributed by atoms with Crippen molar-refractivity contribution in [3.8, 4) is 0 Å². The molecule has 19 heavy (non-hydrogen) atoms. The molecule has 1 aliphatic heterocycles.